The Morgan fingerprint density at radius 3 is 2.40 bits per heavy atom. The lowest BCUT2D eigenvalue weighted by Crippen LogP contribution is -2.40. The van der Waals surface area contributed by atoms with E-state index in [0.29, 0.717) is 19.3 Å². The molecule has 35 heavy (non-hydrogen) atoms. The fourth-order valence-electron chi connectivity index (χ4n) is 4.98. The van der Waals surface area contributed by atoms with Gasteiger partial charge in [0.1, 0.15) is 6.61 Å². The third-order valence-corrected chi connectivity index (χ3v) is 6.67. The average Bonchev–Trinajstić information content (AvgIpc) is 3.46. The molecular weight excluding hydrogens is 450 g/mol. The van der Waals surface area contributed by atoms with Crippen molar-refractivity contribution in [2.75, 3.05) is 11.9 Å². The minimum atomic E-state index is -0.847. The lowest BCUT2D eigenvalue weighted by atomic mass is 9.86. The molecule has 0 unspecified atom stereocenters. The molecule has 2 aliphatic carbocycles. The smallest absolute Gasteiger partial charge is 0.414 e. The van der Waals surface area contributed by atoms with E-state index >= 15 is 0 Å². The van der Waals surface area contributed by atoms with E-state index in [1.54, 1.807) is 0 Å². The third kappa shape index (κ3) is 4.75. The molecule has 0 radical (unpaired) electrons. The van der Waals surface area contributed by atoms with Gasteiger partial charge in [0.05, 0.1) is 5.92 Å². The number of carbonyl (C=O) groups is 3. The highest BCUT2D eigenvalue weighted by atomic mass is 16.6. The van der Waals surface area contributed by atoms with Crippen molar-refractivity contribution in [2.45, 2.75) is 37.6 Å². The van der Waals surface area contributed by atoms with Crippen LogP contribution >= 0.6 is 0 Å². The summed E-state index contributed by atoms with van der Waals surface area (Å²) in [4.78, 5) is 36.1. The molecule has 1 aromatic heterocycles. The van der Waals surface area contributed by atoms with E-state index in [1.165, 1.54) is 6.07 Å². The quantitative estimate of drug-likeness (QED) is 0.481. The zero-order valence-electron chi connectivity index (χ0n) is 18.9. The first kappa shape index (κ1) is 22.6. The van der Waals surface area contributed by atoms with Gasteiger partial charge >= 0.3 is 12.1 Å². The second-order valence-corrected chi connectivity index (χ2v) is 8.90. The molecule has 9 nitrogen and oxygen atoms in total. The Labute approximate surface area is 201 Å². The Kier molecular flexibility index (Phi) is 6.22. The van der Waals surface area contributed by atoms with Gasteiger partial charge in [-0.15, -0.1) is 0 Å². The standard InChI is InChI=1S/C26H25N3O6/c30-24(27-16-7-5-6-15(12-16)25(31)32)22-13-23(35-29-22)28-26(33)34-14-21-19-10-3-1-8-17(19)18-9-2-4-11-20(18)21/h1-4,8-11,13,15-16,21H,5-7,12,14H2,(H,27,30)(H,28,33)(H,31,32)/t15-,16-/m1/s1. The summed E-state index contributed by atoms with van der Waals surface area (Å²) in [6.07, 6.45) is 1.71. The topological polar surface area (TPSA) is 131 Å². The van der Waals surface area contributed by atoms with Crippen LogP contribution in [0, 0.1) is 5.92 Å². The van der Waals surface area contributed by atoms with Crippen molar-refractivity contribution in [3.63, 3.8) is 0 Å². The number of benzene rings is 2. The predicted molar refractivity (Wildman–Crippen MR) is 126 cm³/mol. The van der Waals surface area contributed by atoms with E-state index < -0.39 is 23.9 Å². The number of aliphatic carboxylic acids is 1. The number of fused-ring (bicyclic) bond motifs is 3. The first-order chi connectivity index (χ1) is 17.0. The van der Waals surface area contributed by atoms with Crippen molar-refractivity contribution in [2.24, 2.45) is 5.92 Å². The van der Waals surface area contributed by atoms with Gasteiger partial charge in [-0.1, -0.05) is 60.1 Å². The van der Waals surface area contributed by atoms with Crippen LogP contribution in [-0.2, 0) is 9.53 Å². The van der Waals surface area contributed by atoms with Crippen molar-refractivity contribution in [3.05, 3.63) is 71.4 Å². The molecule has 2 aromatic carbocycles. The summed E-state index contributed by atoms with van der Waals surface area (Å²) in [5, 5.41) is 18.2. The minimum Gasteiger partial charge on any atom is -0.481 e. The molecule has 0 bridgehead atoms. The van der Waals surface area contributed by atoms with Crippen molar-refractivity contribution in [1.82, 2.24) is 10.5 Å². The molecule has 1 saturated carbocycles. The molecule has 5 rings (SSSR count). The predicted octanol–water partition coefficient (Wildman–Crippen LogP) is 4.41. The van der Waals surface area contributed by atoms with E-state index in [-0.39, 0.29) is 30.1 Å². The van der Waals surface area contributed by atoms with Gasteiger partial charge < -0.3 is 19.7 Å². The van der Waals surface area contributed by atoms with Crippen LogP contribution in [0.1, 0.15) is 53.2 Å². The highest BCUT2D eigenvalue weighted by Crippen LogP contribution is 2.44. The molecule has 180 valence electrons. The number of nitrogens with one attached hydrogen (secondary N) is 2. The maximum absolute atomic E-state index is 12.5. The molecule has 0 aliphatic heterocycles. The van der Waals surface area contributed by atoms with Crippen LogP contribution in [0.25, 0.3) is 11.1 Å². The Balaban J connectivity index is 1.17. The van der Waals surface area contributed by atoms with Gasteiger partial charge in [0.15, 0.2) is 5.69 Å². The molecule has 1 fully saturated rings. The SMILES string of the molecule is O=C(Nc1cc(C(=O)N[C@@H]2CCC[C@@H](C(=O)O)C2)no1)OCC1c2ccccc2-c2ccccc21. The number of rotatable bonds is 6. The maximum atomic E-state index is 12.5. The van der Waals surface area contributed by atoms with Crippen LogP contribution in [0.4, 0.5) is 10.7 Å². The molecule has 2 atom stereocenters. The molecule has 1 heterocycles. The van der Waals surface area contributed by atoms with Gasteiger partial charge in [-0.2, -0.15) is 0 Å². The zero-order chi connectivity index (χ0) is 24.4. The van der Waals surface area contributed by atoms with Crippen LogP contribution in [0.5, 0.6) is 0 Å². The highest BCUT2D eigenvalue weighted by Gasteiger charge is 2.30. The van der Waals surface area contributed by atoms with Crippen LogP contribution < -0.4 is 10.6 Å². The molecule has 3 N–H and O–H groups in total. The van der Waals surface area contributed by atoms with Crippen molar-refractivity contribution in [1.29, 1.82) is 0 Å². The summed E-state index contributed by atoms with van der Waals surface area (Å²) in [6, 6.07) is 17.2. The first-order valence-corrected chi connectivity index (χ1v) is 11.6. The van der Waals surface area contributed by atoms with Gasteiger partial charge in [-0.3, -0.25) is 14.9 Å². The average molecular weight is 476 g/mol. The molecule has 0 spiro atoms. The Morgan fingerprint density at radius 1 is 1.03 bits per heavy atom. The summed E-state index contributed by atoms with van der Waals surface area (Å²) in [7, 11) is 0. The van der Waals surface area contributed by atoms with Gasteiger partial charge in [-0.05, 0) is 41.5 Å². The minimum absolute atomic E-state index is 0.00334. The van der Waals surface area contributed by atoms with Crippen LogP contribution in [0.3, 0.4) is 0 Å². The number of carboxylic acids is 1. The highest BCUT2D eigenvalue weighted by molar-refractivity contribution is 5.94. The summed E-state index contributed by atoms with van der Waals surface area (Å²) in [6.45, 7) is 0.147. The largest absolute Gasteiger partial charge is 0.481 e. The maximum Gasteiger partial charge on any atom is 0.414 e. The number of nitrogens with zero attached hydrogens (tertiary/aromatic N) is 1. The number of hydrogen-bond acceptors (Lipinski definition) is 6. The number of carboxylic acid groups (broad SMARTS) is 1. The molecule has 2 aliphatic rings. The van der Waals surface area contributed by atoms with Crippen LogP contribution in [0.15, 0.2) is 59.1 Å². The van der Waals surface area contributed by atoms with Gasteiger partial charge in [0, 0.05) is 18.0 Å². The van der Waals surface area contributed by atoms with E-state index in [4.69, 9.17) is 9.26 Å². The first-order valence-electron chi connectivity index (χ1n) is 11.6. The van der Waals surface area contributed by atoms with E-state index in [9.17, 15) is 19.5 Å². The Hall–Kier alpha value is -4.14. The lowest BCUT2D eigenvalue weighted by Gasteiger charge is -2.26. The number of aromatic nitrogens is 1. The van der Waals surface area contributed by atoms with Gasteiger partial charge in [0.25, 0.3) is 5.91 Å². The second-order valence-electron chi connectivity index (χ2n) is 8.90. The summed E-state index contributed by atoms with van der Waals surface area (Å²) in [5.41, 5.74) is 4.48. The van der Waals surface area contributed by atoms with E-state index in [2.05, 4.69) is 27.9 Å². The Bertz CT molecular complexity index is 1220. The van der Waals surface area contributed by atoms with E-state index in [0.717, 1.165) is 28.7 Å². The van der Waals surface area contributed by atoms with Crippen molar-refractivity contribution in [3.8, 4) is 11.1 Å². The second kappa shape index (κ2) is 9.61. The molecule has 9 heteroatoms. The molecule has 0 saturated heterocycles. The zero-order valence-corrected chi connectivity index (χ0v) is 18.9. The Morgan fingerprint density at radius 2 is 1.71 bits per heavy atom. The van der Waals surface area contributed by atoms with Crippen LogP contribution in [-0.4, -0.2) is 40.9 Å². The number of anilines is 1. The fourth-order valence-corrected chi connectivity index (χ4v) is 4.98. The number of ether oxygens (including phenoxy) is 1. The normalized spacial score (nSPS) is 18.9. The summed E-state index contributed by atoms with van der Waals surface area (Å²) < 4.78 is 10.5. The lowest BCUT2D eigenvalue weighted by molar-refractivity contribution is -0.143. The van der Waals surface area contributed by atoms with Crippen molar-refractivity contribution >= 4 is 23.9 Å². The molecule has 3 aromatic rings. The van der Waals surface area contributed by atoms with Gasteiger partial charge in [-0.25, -0.2) is 4.79 Å². The van der Waals surface area contributed by atoms with E-state index in [1.807, 2.05) is 36.4 Å². The molecular formula is C26H25N3O6. The summed E-state index contributed by atoms with van der Waals surface area (Å²) in [5.74, 6) is -1.88. The number of amides is 2. The fraction of sp³-hybridized carbons (Fsp3) is 0.308. The third-order valence-electron chi connectivity index (χ3n) is 6.67. The number of carbonyl (C=O) groups excluding carboxylic acids is 2. The van der Waals surface area contributed by atoms with Crippen LogP contribution in [0.2, 0.25) is 0 Å². The molecule has 2 amide bonds. The monoisotopic (exact) mass is 475 g/mol. The summed E-state index contributed by atoms with van der Waals surface area (Å²) >= 11 is 0. The van der Waals surface area contributed by atoms with Gasteiger partial charge in [0.2, 0.25) is 5.88 Å². The number of hydrogen-bond donors (Lipinski definition) is 3. The van der Waals surface area contributed by atoms with Crippen molar-refractivity contribution < 1.29 is 28.8 Å².